The van der Waals surface area contributed by atoms with E-state index in [0.717, 1.165) is 6.42 Å². The van der Waals surface area contributed by atoms with Gasteiger partial charge in [0.1, 0.15) is 7.85 Å². The van der Waals surface area contributed by atoms with Gasteiger partial charge in [-0.15, -0.1) is 0 Å². The molecule has 0 fully saturated rings. The molecule has 0 aromatic carbocycles. The summed E-state index contributed by atoms with van der Waals surface area (Å²) in [6, 6.07) is -0.0648. The summed E-state index contributed by atoms with van der Waals surface area (Å²) in [4.78, 5) is 0. The van der Waals surface area contributed by atoms with E-state index >= 15 is 0 Å². The predicted molar refractivity (Wildman–Crippen MR) is 24.4 cm³/mol. The van der Waals surface area contributed by atoms with Crippen molar-refractivity contribution in [2.75, 3.05) is 0 Å². The van der Waals surface area contributed by atoms with Gasteiger partial charge < -0.3 is 4.74 Å². The molecule has 0 N–H and O–H groups in total. The first-order valence-electron chi connectivity index (χ1n) is 1.95. The Labute approximate surface area is 38.4 Å². The second kappa shape index (κ2) is 1.37. The van der Waals surface area contributed by atoms with E-state index in [-0.39, 0.29) is 6.00 Å². The van der Waals surface area contributed by atoms with Crippen molar-refractivity contribution in [3.05, 3.63) is 12.3 Å². The van der Waals surface area contributed by atoms with Gasteiger partial charge in [-0.1, -0.05) is 0 Å². The zero-order valence-electron chi connectivity index (χ0n) is 3.42. The average Bonchev–Trinajstić information content (AvgIpc) is 1.86. The lowest BCUT2D eigenvalue weighted by Crippen LogP contribution is -2.01. The van der Waals surface area contributed by atoms with Crippen molar-refractivity contribution in [2.45, 2.75) is 12.4 Å². The summed E-state index contributed by atoms with van der Waals surface area (Å²) >= 11 is 0. The molecule has 1 atom stereocenters. The topological polar surface area (TPSA) is 9.23 Å². The highest BCUT2D eigenvalue weighted by atomic mass is 16.5. The lowest BCUT2D eigenvalue weighted by Gasteiger charge is -1.97. The predicted octanol–water partition coefficient (Wildman–Crippen LogP) is 0.415. The summed E-state index contributed by atoms with van der Waals surface area (Å²) in [6.45, 7) is 0. The average molecular weight is 79.9 g/mol. The fraction of sp³-hybridized carbons (Fsp3) is 0.500. The van der Waals surface area contributed by atoms with Crippen LogP contribution in [0.25, 0.3) is 0 Å². The second-order valence-corrected chi connectivity index (χ2v) is 1.28. The van der Waals surface area contributed by atoms with Gasteiger partial charge in [-0.25, -0.2) is 0 Å². The molecule has 6 heavy (non-hydrogen) atoms. The van der Waals surface area contributed by atoms with E-state index in [1.807, 2.05) is 6.08 Å². The van der Waals surface area contributed by atoms with Gasteiger partial charge in [0.05, 0.1) is 12.3 Å². The zero-order valence-corrected chi connectivity index (χ0v) is 3.42. The van der Waals surface area contributed by atoms with Gasteiger partial charge in [0.2, 0.25) is 0 Å². The van der Waals surface area contributed by atoms with Crippen molar-refractivity contribution in [3.63, 3.8) is 0 Å². The Morgan fingerprint density at radius 3 is 2.83 bits per heavy atom. The Bertz CT molecular complexity index is 61.9. The van der Waals surface area contributed by atoms with Crippen LogP contribution in [0.3, 0.4) is 0 Å². The van der Waals surface area contributed by atoms with Crippen LogP contribution in [0.4, 0.5) is 0 Å². The second-order valence-electron chi connectivity index (χ2n) is 1.28. The fourth-order valence-corrected chi connectivity index (χ4v) is 0.402. The number of hydrogen-bond donors (Lipinski definition) is 0. The molecule has 0 aromatic rings. The third kappa shape index (κ3) is 0.561. The van der Waals surface area contributed by atoms with E-state index in [0.29, 0.717) is 0 Å². The molecule has 0 amide bonds. The van der Waals surface area contributed by atoms with Crippen molar-refractivity contribution >= 4 is 7.85 Å². The Balaban J connectivity index is 2.32. The molecule has 0 aromatic heterocycles. The number of ether oxygens (including phenoxy) is 1. The van der Waals surface area contributed by atoms with Gasteiger partial charge in [-0.2, -0.15) is 0 Å². The van der Waals surface area contributed by atoms with Crippen molar-refractivity contribution in [3.8, 4) is 0 Å². The first-order valence-corrected chi connectivity index (χ1v) is 1.95. The molecule has 1 aliphatic rings. The van der Waals surface area contributed by atoms with Crippen molar-refractivity contribution in [2.24, 2.45) is 0 Å². The molecule has 0 aliphatic carbocycles. The maximum absolute atomic E-state index is 5.25. The van der Waals surface area contributed by atoms with Crippen LogP contribution in [0.15, 0.2) is 12.3 Å². The Kier molecular flexibility index (Phi) is 0.865. The maximum atomic E-state index is 5.25. The van der Waals surface area contributed by atoms with E-state index in [2.05, 4.69) is 0 Å². The maximum Gasteiger partial charge on any atom is 0.127 e. The summed E-state index contributed by atoms with van der Waals surface area (Å²) in [5.74, 6) is 0. The highest BCUT2D eigenvalue weighted by molar-refractivity contribution is 6.11. The molecule has 0 bridgehead atoms. The Hall–Kier alpha value is -0.395. The molecule has 1 rings (SSSR count). The summed E-state index contributed by atoms with van der Waals surface area (Å²) in [5.41, 5.74) is 0. The van der Waals surface area contributed by atoms with Gasteiger partial charge >= 0.3 is 0 Å². The molecule has 1 nitrogen and oxygen atoms in total. The minimum absolute atomic E-state index is 0.0648. The lowest BCUT2D eigenvalue weighted by molar-refractivity contribution is 0.243. The van der Waals surface area contributed by atoms with Crippen LogP contribution in [-0.4, -0.2) is 13.8 Å². The van der Waals surface area contributed by atoms with Crippen LogP contribution in [-0.2, 0) is 4.74 Å². The first kappa shape index (κ1) is 3.78. The molecule has 2 heteroatoms. The van der Waals surface area contributed by atoms with Crippen LogP contribution >= 0.6 is 0 Å². The molecule has 1 aliphatic heterocycles. The smallest absolute Gasteiger partial charge is 0.127 e. The van der Waals surface area contributed by atoms with Crippen molar-refractivity contribution in [1.82, 2.24) is 0 Å². The molecule has 30 valence electrons. The van der Waals surface area contributed by atoms with Gasteiger partial charge in [0, 0.05) is 0 Å². The quantitative estimate of drug-likeness (QED) is 0.383. The number of rotatable bonds is 0. The summed E-state index contributed by atoms with van der Waals surface area (Å²) in [6.07, 6.45) is 4.40. The van der Waals surface area contributed by atoms with Crippen molar-refractivity contribution in [1.29, 1.82) is 0 Å². The van der Waals surface area contributed by atoms with Crippen LogP contribution < -0.4 is 0 Å². The summed E-state index contributed by atoms with van der Waals surface area (Å²) < 4.78 is 4.75. The van der Waals surface area contributed by atoms with Gasteiger partial charge in [0.15, 0.2) is 0 Å². The molecule has 0 saturated heterocycles. The number of hydrogen-bond acceptors (Lipinski definition) is 1. The SMILES string of the molecule is [B][C@@H]1CC=CO1. The van der Waals surface area contributed by atoms with E-state index in [4.69, 9.17) is 12.6 Å². The Morgan fingerprint density at radius 2 is 2.67 bits per heavy atom. The van der Waals surface area contributed by atoms with Gasteiger partial charge in [-0.3, -0.25) is 0 Å². The van der Waals surface area contributed by atoms with E-state index < -0.39 is 0 Å². The highest BCUT2D eigenvalue weighted by Gasteiger charge is 2.00. The third-order valence-electron chi connectivity index (χ3n) is 0.718. The third-order valence-corrected chi connectivity index (χ3v) is 0.718. The zero-order chi connectivity index (χ0) is 4.41. The van der Waals surface area contributed by atoms with Gasteiger partial charge in [0.25, 0.3) is 0 Å². The molecule has 2 radical (unpaired) electrons. The van der Waals surface area contributed by atoms with E-state index in [9.17, 15) is 0 Å². The lowest BCUT2D eigenvalue weighted by atomic mass is 9.98. The fourth-order valence-electron chi connectivity index (χ4n) is 0.402. The first-order chi connectivity index (χ1) is 2.89. The van der Waals surface area contributed by atoms with Crippen LogP contribution in [0.5, 0.6) is 0 Å². The molecule has 1 heterocycles. The minimum Gasteiger partial charge on any atom is -0.508 e. The van der Waals surface area contributed by atoms with E-state index in [1.54, 1.807) is 6.26 Å². The normalized spacial score (nSPS) is 30.3. The largest absolute Gasteiger partial charge is 0.508 e. The van der Waals surface area contributed by atoms with Crippen LogP contribution in [0, 0.1) is 0 Å². The standard InChI is InChI=1S/C4H5BO/c5-4-2-1-3-6-4/h1,3-4H,2H2/t4-/m0/s1. The highest BCUT2D eigenvalue weighted by Crippen LogP contribution is 2.02. The van der Waals surface area contributed by atoms with Crippen molar-refractivity contribution < 1.29 is 4.74 Å². The molecule has 0 spiro atoms. The molecule has 0 saturated carbocycles. The summed E-state index contributed by atoms with van der Waals surface area (Å²) in [5, 5.41) is 0. The monoisotopic (exact) mass is 80.0 g/mol. The van der Waals surface area contributed by atoms with E-state index in [1.165, 1.54) is 0 Å². The van der Waals surface area contributed by atoms with Crippen LogP contribution in [0.2, 0.25) is 0 Å². The minimum atomic E-state index is -0.0648. The van der Waals surface area contributed by atoms with Gasteiger partial charge in [-0.05, 0) is 12.5 Å². The summed E-state index contributed by atoms with van der Waals surface area (Å²) in [7, 11) is 5.25. The van der Waals surface area contributed by atoms with Crippen LogP contribution in [0.1, 0.15) is 6.42 Å². The molecular weight excluding hydrogens is 74.9 g/mol. The Morgan fingerprint density at radius 1 is 1.83 bits per heavy atom. The molecular formula is C4H5BO. The molecule has 0 unspecified atom stereocenters.